The quantitative estimate of drug-likeness (QED) is 0.229. The summed E-state index contributed by atoms with van der Waals surface area (Å²) >= 11 is 0. The van der Waals surface area contributed by atoms with Crippen molar-refractivity contribution in [1.29, 1.82) is 0 Å². The maximum Gasteiger partial charge on any atom is 0.237 e. The minimum atomic E-state index is -2.58. The van der Waals surface area contributed by atoms with E-state index in [1.54, 1.807) is 0 Å². The summed E-state index contributed by atoms with van der Waals surface area (Å²) in [5.74, 6) is -0.222. The minimum Gasteiger partial charge on any atom is -0.408 e. The van der Waals surface area contributed by atoms with Crippen molar-refractivity contribution < 1.29 is 14.0 Å². The fourth-order valence-electron chi connectivity index (χ4n) is 7.68. The van der Waals surface area contributed by atoms with Gasteiger partial charge in [-0.3, -0.25) is 14.5 Å². The van der Waals surface area contributed by atoms with Gasteiger partial charge in [0.05, 0.1) is 17.7 Å². The summed E-state index contributed by atoms with van der Waals surface area (Å²) in [7, 11) is -2.58. The second-order valence-corrected chi connectivity index (χ2v) is 18.8. The Hall–Kier alpha value is -2.50. The Morgan fingerprint density at radius 3 is 2.03 bits per heavy atom. The molecule has 5 rings (SSSR count). The highest BCUT2D eigenvalue weighted by atomic mass is 28.4. The van der Waals surface area contributed by atoms with Crippen molar-refractivity contribution in [2.45, 2.75) is 89.5 Å². The molecule has 4 atom stereocenters. The highest BCUT2D eigenvalue weighted by Gasteiger charge is 2.62. The van der Waals surface area contributed by atoms with Gasteiger partial charge in [0.25, 0.3) is 0 Å². The number of carbonyl (C=O) groups excluding carboxylic acids is 2. The van der Waals surface area contributed by atoms with E-state index in [0.29, 0.717) is 5.69 Å². The van der Waals surface area contributed by atoms with E-state index in [2.05, 4.69) is 78.0 Å². The van der Waals surface area contributed by atoms with Crippen LogP contribution in [0.1, 0.15) is 78.9 Å². The molecule has 202 valence electrons. The number of rotatable bonds is 3. The Balaban J connectivity index is 1.66. The molecule has 2 fully saturated rings. The van der Waals surface area contributed by atoms with Gasteiger partial charge in [-0.1, -0.05) is 102 Å². The van der Waals surface area contributed by atoms with Gasteiger partial charge < -0.3 is 4.43 Å². The van der Waals surface area contributed by atoms with Gasteiger partial charge in [0, 0.05) is 12.3 Å². The number of hydrogen-bond acceptors (Lipinski definition) is 3. The normalized spacial score (nSPS) is 28.1. The maximum absolute atomic E-state index is 14.1. The first kappa shape index (κ1) is 27.1. The zero-order valence-corrected chi connectivity index (χ0v) is 24.9. The fourth-order valence-corrected chi connectivity index (χ4v) is 13.8. The number of nitrogens with zero attached hydrogens (tertiary/aromatic N) is 1. The summed E-state index contributed by atoms with van der Waals surface area (Å²) in [6.07, 6.45) is 5.86. The molecule has 5 heteroatoms. The smallest absolute Gasteiger partial charge is 0.237 e. The van der Waals surface area contributed by atoms with E-state index in [9.17, 15) is 9.59 Å². The monoisotopic (exact) mass is 529 g/mol. The first-order valence-electron chi connectivity index (χ1n) is 14.3. The van der Waals surface area contributed by atoms with Crippen LogP contribution in [0.25, 0.3) is 0 Å². The number of fused-ring (bicyclic) bond motifs is 1. The van der Waals surface area contributed by atoms with Gasteiger partial charge in [0.15, 0.2) is 0 Å². The number of allylic oxidation sites excluding steroid dienone is 1. The third kappa shape index (κ3) is 4.52. The van der Waals surface area contributed by atoms with Crippen LogP contribution >= 0.6 is 0 Å². The molecule has 0 aromatic heterocycles. The zero-order chi connectivity index (χ0) is 27.3. The molecule has 0 spiro atoms. The van der Waals surface area contributed by atoms with Gasteiger partial charge in [0.1, 0.15) is 0 Å². The van der Waals surface area contributed by atoms with Crippen LogP contribution in [0.2, 0.25) is 16.1 Å². The highest BCUT2D eigenvalue weighted by Crippen LogP contribution is 2.62. The molecule has 1 aliphatic carbocycles. The predicted molar refractivity (Wildman–Crippen MR) is 156 cm³/mol. The molecule has 2 aromatic rings. The summed E-state index contributed by atoms with van der Waals surface area (Å²) in [6, 6.07) is 21.0. The van der Waals surface area contributed by atoms with Crippen molar-refractivity contribution in [2.75, 3.05) is 4.90 Å². The predicted octanol–water partition coefficient (Wildman–Crippen LogP) is 8.23. The SMILES string of the molecule is CC(C)(C)[Si]1(C(C)(C)C)C[C@H]([C@@H]2CC(=O)N(c3ccccc3)C2=O)C2=CCCC[C@@H]2[C@@H](c2ccccc2)O1. The lowest BCUT2D eigenvalue weighted by Crippen LogP contribution is -2.56. The molecule has 0 unspecified atom stereocenters. The minimum absolute atomic E-state index is 0.0179. The largest absolute Gasteiger partial charge is 0.408 e. The Bertz CT molecular complexity index is 1190. The molecule has 2 saturated heterocycles. The number of benzene rings is 2. The molecule has 2 heterocycles. The average molecular weight is 530 g/mol. The van der Waals surface area contributed by atoms with E-state index in [0.717, 1.165) is 25.3 Å². The second kappa shape index (κ2) is 9.91. The van der Waals surface area contributed by atoms with Crippen LogP contribution in [0.4, 0.5) is 5.69 Å². The Labute approximate surface area is 229 Å². The van der Waals surface area contributed by atoms with Crippen LogP contribution in [-0.4, -0.2) is 20.1 Å². The van der Waals surface area contributed by atoms with E-state index in [1.807, 2.05) is 30.3 Å². The molecular weight excluding hydrogens is 486 g/mol. The lowest BCUT2D eigenvalue weighted by molar-refractivity contribution is -0.122. The van der Waals surface area contributed by atoms with Gasteiger partial charge in [-0.15, -0.1) is 0 Å². The number of carbonyl (C=O) groups is 2. The molecule has 0 radical (unpaired) electrons. The van der Waals surface area contributed by atoms with Crippen molar-refractivity contribution in [3.05, 3.63) is 77.9 Å². The van der Waals surface area contributed by atoms with Crippen molar-refractivity contribution in [3.8, 4) is 0 Å². The van der Waals surface area contributed by atoms with Crippen LogP contribution < -0.4 is 4.90 Å². The highest BCUT2D eigenvalue weighted by molar-refractivity contribution is 6.79. The van der Waals surface area contributed by atoms with Gasteiger partial charge >= 0.3 is 0 Å². The molecule has 0 saturated carbocycles. The van der Waals surface area contributed by atoms with Crippen LogP contribution in [0.3, 0.4) is 0 Å². The number of imide groups is 1. The summed E-state index contributed by atoms with van der Waals surface area (Å²) in [4.78, 5) is 29.0. The van der Waals surface area contributed by atoms with Gasteiger partial charge in [-0.2, -0.15) is 0 Å². The van der Waals surface area contributed by atoms with E-state index in [-0.39, 0.29) is 52.2 Å². The molecule has 0 bridgehead atoms. The summed E-state index contributed by atoms with van der Waals surface area (Å²) in [5, 5.41) is -0.120. The van der Waals surface area contributed by atoms with Crippen LogP contribution in [0.15, 0.2) is 72.3 Å². The van der Waals surface area contributed by atoms with Gasteiger partial charge in [-0.25, -0.2) is 0 Å². The molecule has 4 nitrogen and oxygen atoms in total. The fraction of sp³-hybridized carbons (Fsp3) is 0.515. The van der Waals surface area contributed by atoms with Crippen molar-refractivity contribution in [2.24, 2.45) is 17.8 Å². The molecular formula is C33H43NO3Si. The van der Waals surface area contributed by atoms with Gasteiger partial charge in [0.2, 0.25) is 20.1 Å². The van der Waals surface area contributed by atoms with E-state index in [1.165, 1.54) is 16.0 Å². The summed E-state index contributed by atoms with van der Waals surface area (Å²) < 4.78 is 7.64. The number of amides is 2. The average Bonchev–Trinajstić information content (AvgIpc) is 3.07. The zero-order valence-electron chi connectivity index (χ0n) is 23.9. The number of hydrogen-bond donors (Lipinski definition) is 0. The third-order valence-corrected chi connectivity index (χ3v) is 15.9. The lowest BCUT2D eigenvalue weighted by atomic mass is 9.72. The topological polar surface area (TPSA) is 46.6 Å². The molecule has 38 heavy (non-hydrogen) atoms. The standard InChI is InChI=1S/C33H43NO3Si/c1-32(2,3)38(33(4,5)6)22-28(27-21-29(35)34(31(27)36)24-17-11-8-12-18-24)25-19-13-14-20-26(25)30(37-38)23-15-9-7-10-16-23/h7-12,15-19,26-28,30H,13-14,20-22H2,1-6H3/t26-,27-,28-,30+/m0/s1. The number of anilines is 1. The van der Waals surface area contributed by atoms with Crippen LogP contribution in [0.5, 0.6) is 0 Å². The van der Waals surface area contributed by atoms with Crippen molar-refractivity contribution in [3.63, 3.8) is 0 Å². The van der Waals surface area contributed by atoms with Crippen molar-refractivity contribution in [1.82, 2.24) is 0 Å². The lowest BCUT2D eigenvalue weighted by Gasteiger charge is -2.52. The Morgan fingerprint density at radius 2 is 1.42 bits per heavy atom. The first-order chi connectivity index (χ1) is 17.9. The van der Waals surface area contributed by atoms with E-state index in [4.69, 9.17) is 4.43 Å². The summed E-state index contributed by atoms with van der Waals surface area (Å²) in [5.41, 5.74) is 3.28. The molecule has 0 N–H and O–H groups in total. The molecule has 2 amide bonds. The maximum atomic E-state index is 14.1. The first-order valence-corrected chi connectivity index (χ1v) is 16.4. The third-order valence-electron chi connectivity index (χ3n) is 9.39. The Kier molecular flexibility index (Phi) is 7.06. The summed E-state index contributed by atoms with van der Waals surface area (Å²) in [6.45, 7) is 14.0. The van der Waals surface area contributed by atoms with Crippen LogP contribution in [-0.2, 0) is 14.0 Å². The molecule has 2 aromatic carbocycles. The van der Waals surface area contributed by atoms with E-state index >= 15 is 0 Å². The van der Waals surface area contributed by atoms with Crippen molar-refractivity contribution >= 4 is 25.8 Å². The van der Waals surface area contributed by atoms with E-state index < -0.39 is 8.32 Å². The van der Waals surface area contributed by atoms with Gasteiger partial charge in [-0.05, 0) is 59.0 Å². The number of para-hydroxylation sites is 1. The molecule has 3 aliphatic rings. The van der Waals surface area contributed by atoms with Crippen LogP contribution in [0, 0.1) is 17.8 Å². The Morgan fingerprint density at radius 1 is 0.816 bits per heavy atom. The molecule has 2 aliphatic heterocycles. The second-order valence-electron chi connectivity index (χ2n) is 13.5.